The van der Waals surface area contributed by atoms with Crippen LogP contribution in [-0.4, -0.2) is 54.8 Å². The highest BCUT2D eigenvalue weighted by molar-refractivity contribution is 5.39. The fourth-order valence-electron chi connectivity index (χ4n) is 3.24. The van der Waals surface area contributed by atoms with Crippen molar-refractivity contribution < 1.29 is 4.74 Å². The molecule has 1 aliphatic heterocycles. The Morgan fingerprint density at radius 2 is 2.19 bits per heavy atom. The predicted molar refractivity (Wildman–Crippen MR) is 86.3 cm³/mol. The van der Waals surface area contributed by atoms with E-state index in [1.54, 1.807) is 6.20 Å². The molecule has 0 amide bonds. The molecule has 2 heterocycles. The number of rotatable bonds is 6. The lowest BCUT2D eigenvalue weighted by atomic mass is 9.83. The van der Waals surface area contributed by atoms with Crippen LogP contribution in [0.4, 0.5) is 5.82 Å². The van der Waals surface area contributed by atoms with Crippen LogP contribution < -0.4 is 11.1 Å². The van der Waals surface area contributed by atoms with Crippen LogP contribution in [-0.2, 0) is 11.2 Å². The Labute approximate surface area is 127 Å². The highest BCUT2D eigenvalue weighted by atomic mass is 16.5. The topological polar surface area (TPSA) is 63.4 Å². The quantitative estimate of drug-likeness (QED) is 0.827. The van der Waals surface area contributed by atoms with E-state index in [9.17, 15) is 0 Å². The first kappa shape index (κ1) is 16.2. The van der Waals surface area contributed by atoms with Gasteiger partial charge >= 0.3 is 0 Å². The second-order valence-electron chi connectivity index (χ2n) is 5.90. The van der Waals surface area contributed by atoms with E-state index >= 15 is 0 Å². The Kier molecular flexibility index (Phi) is 5.56. The highest BCUT2D eigenvalue weighted by Gasteiger charge is 2.38. The zero-order valence-electron chi connectivity index (χ0n) is 13.4. The summed E-state index contributed by atoms with van der Waals surface area (Å²) in [6.45, 7) is 8.22. The Morgan fingerprint density at radius 1 is 1.48 bits per heavy atom. The predicted octanol–water partition coefficient (Wildman–Crippen LogP) is 1.30. The standard InChI is InChI=1S/C16H28N4O/c1-4-16(2,20-8-10-21-11-9-20)14(18-3)12-13-6-5-7-19-15(13)17/h5-7,14,18H,4,8-12H2,1-3H3,(H2,17,19). The number of nitrogen functional groups attached to an aromatic ring is 1. The SMILES string of the molecule is CCC(C)(C(Cc1cccnc1N)NC)N1CCOCC1. The minimum Gasteiger partial charge on any atom is -0.383 e. The van der Waals surface area contributed by atoms with Gasteiger partial charge < -0.3 is 15.8 Å². The van der Waals surface area contributed by atoms with E-state index in [1.807, 2.05) is 13.1 Å². The van der Waals surface area contributed by atoms with Gasteiger partial charge in [0.15, 0.2) is 0 Å². The maximum Gasteiger partial charge on any atom is 0.126 e. The lowest BCUT2D eigenvalue weighted by Gasteiger charge is -2.48. The van der Waals surface area contributed by atoms with Gasteiger partial charge in [-0.05, 0) is 38.4 Å². The summed E-state index contributed by atoms with van der Waals surface area (Å²) in [5.41, 5.74) is 7.21. The molecule has 0 aromatic carbocycles. The number of hydrogen-bond acceptors (Lipinski definition) is 5. The van der Waals surface area contributed by atoms with Crippen molar-refractivity contribution in [2.24, 2.45) is 0 Å². The minimum absolute atomic E-state index is 0.0841. The molecule has 118 valence electrons. The van der Waals surface area contributed by atoms with Crippen molar-refractivity contribution in [3.63, 3.8) is 0 Å². The van der Waals surface area contributed by atoms with Gasteiger partial charge in [-0.3, -0.25) is 4.90 Å². The Balaban J connectivity index is 2.18. The number of nitrogens with one attached hydrogen (secondary N) is 1. The van der Waals surface area contributed by atoms with E-state index in [0.717, 1.165) is 44.7 Å². The number of morpholine rings is 1. The van der Waals surface area contributed by atoms with E-state index in [1.165, 1.54) is 0 Å². The van der Waals surface area contributed by atoms with Gasteiger partial charge in [-0.2, -0.15) is 0 Å². The summed E-state index contributed by atoms with van der Waals surface area (Å²) < 4.78 is 5.50. The number of likely N-dealkylation sites (N-methyl/N-ethyl adjacent to an activating group) is 1. The minimum atomic E-state index is 0.0841. The van der Waals surface area contributed by atoms with Crippen LogP contribution in [0.5, 0.6) is 0 Å². The summed E-state index contributed by atoms with van der Waals surface area (Å²) in [6.07, 6.45) is 3.71. The summed E-state index contributed by atoms with van der Waals surface area (Å²) >= 11 is 0. The average molecular weight is 292 g/mol. The summed E-state index contributed by atoms with van der Waals surface area (Å²) in [5, 5.41) is 3.50. The molecule has 0 radical (unpaired) electrons. The maximum atomic E-state index is 6.01. The van der Waals surface area contributed by atoms with Gasteiger partial charge in [-0.1, -0.05) is 13.0 Å². The summed E-state index contributed by atoms with van der Waals surface area (Å²) in [4.78, 5) is 6.75. The van der Waals surface area contributed by atoms with Crippen molar-refractivity contribution in [2.75, 3.05) is 39.1 Å². The molecule has 2 atom stereocenters. The molecule has 5 heteroatoms. The van der Waals surface area contributed by atoms with Crippen molar-refractivity contribution in [3.05, 3.63) is 23.9 Å². The molecule has 1 saturated heterocycles. The Hall–Kier alpha value is -1.17. The molecular formula is C16H28N4O. The van der Waals surface area contributed by atoms with Crippen LogP contribution in [0.25, 0.3) is 0 Å². The Morgan fingerprint density at radius 3 is 2.76 bits per heavy atom. The first-order chi connectivity index (χ1) is 10.1. The van der Waals surface area contributed by atoms with Crippen molar-refractivity contribution in [3.8, 4) is 0 Å². The summed E-state index contributed by atoms with van der Waals surface area (Å²) in [6, 6.07) is 4.35. The van der Waals surface area contributed by atoms with Gasteiger partial charge in [0, 0.05) is 30.9 Å². The molecule has 0 aliphatic carbocycles. The van der Waals surface area contributed by atoms with Gasteiger partial charge in [0.05, 0.1) is 13.2 Å². The molecule has 5 nitrogen and oxygen atoms in total. The second kappa shape index (κ2) is 7.20. The van der Waals surface area contributed by atoms with Gasteiger partial charge in [-0.25, -0.2) is 4.98 Å². The number of hydrogen-bond donors (Lipinski definition) is 2. The van der Waals surface area contributed by atoms with Gasteiger partial charge in [-0.15, -0.1) is 0 Å². The molecule has 0 saturated carbocycles. The zero-order valence-corrected chi connectivity index (χ0v) is 13.4. The lowest BCUT2D eigenvalue weighted by molar-refractivity contribution is -0.0312. The van der Waals surface area contributed by atoms with Crippen molar-refractivity contribution in [2.45, 2.75) is 38.3 Å². The first-order valence-corrected chi connectivity index (χ1v) is 7.81. The molecule has 1 aliphatic rings. The van der Waals surface area contributed by atoms with Crippen LogP contribution in [0, 0.1) is 0 Å². The average Bonchev–Trinajstić information content (AvgIpc) is 2.54. The van der Waals surface area contributed by atoms with Crippen molar-refractivity contribution in [1.82, 2.24) is 15.2 Å². The number of aromatic nitrogens is 1. The largest absolute Gasteiger partial charge is 0.383 e. The zero-order chi connectivity index (χ0) is 15.3. The fourth-order valence-corrected chi connectivity index (χ4v) is 3.24. The summed E-state index contributed by atoms with van der Waals surface area (Å²) in [7, 11) is 2.03. The van der Waals surface area contributed by atoms with E-state index in [4.69, 9.17) is 10.5 Å². The number of nitrogens with two attached hydrogens (primary N) is 1. The van der Waals surface area contributed by atoms with Crippen molar-refractivity contribution in [1.29, 1.82) is 0 Å². The maximum absolute atomic E-state index is 6.01. The number of anilines is 1. The molecule has 2 rings (SSSR count). The van der Waals surface area contributed by atoms with E-state index in [2.05, 4.69) is 35.1 Å². The van der Waals surface area contributed by atoms with Crippen LogP contribution in [0.3, 0.4) is 0 Å². The number of pyridine rings is 1. The number of ether oxygens (including phenoxy) is 1. The third-order valence-corrected chi connectivity index (χ3v) is 4.90. The molecule has 1 fully saturated rings. The number of nitrogens with zero attached hydrogens (tertiary/aromatic N) is 2. The monoisotopic (exact) mass is 292 g/mol. The molecule has 1 aromatic rings. The van der Waals surface area contributed by atoms with E-state index < -0.39 is 0 Å². The molecule has 1 aromatic heterocycles. The molecule has 0 spiro atoms. The van der Waals surface area contributed by atoms with Crippen LogP contribution in [0.15, 0.2) is 18.3 Å². The smallest absolute Gasteiger partial charge is 0.126 e. The summed E-state index contributed by atoms with van der Waals surface area (Å²) in [5.74, 6) is 0.637. The fraction of sp³-hybridized carbons (Fsp3) is 0.688. The van der Waals surface area contributed by atoms with Crippen LogP contribution >= 0.6 is 0 Å². The highest BCUT2D eigenvalue weighted by Crippen LogP contribution is 2.27. The normalized spacial score (nSPS) is 20.9. The van der Waals surface area contributed by atoms with Crippen LogP contribution in [0.1, 0.15) is 25.8 Å². The van der Waals surface area contributed by atoms with Gasteiger partial charge in [0.2, 0.25) is 0 Å². The second-order valence-corrected chi connectivity index (χ2v) is 5.90. The van der Waals surface area contributed by atoms with E-state index in [0.29, 0.717) is 11.9 Å². The van der Waals surface area contributed by atoms with Gasteiger partial charge in [0.25, 0.3) is 0 Å². The van der Waals surface area contributed by atoms with Crippen molar-refractivity contribution >= 4 is 5.82 Å². The lowest BCUT2D eigenvalue weighted by Crippen LogP contribution is -2.62. The molecule has 21 heavy (non-hydrogen) atoms. The Bertz CT molecular complexity index is 448. The molecular weight excluding hydrogens is 264 g/mol. The van der Waals surface area contributed by atoms with Gasteiger partial charge in [0.1, 0.15) is 5.82 Å². The van der Waals surface area contributed by atoms with E-state index in [-0.39, 0.29) is 5.54 Å². The first-order valence-electron chi connectivity index (χ1n) is 7.81. The third-order valence-electron chi connectivity index (χ3n) is 4.90. The molecule has 2 unspecified atom stereocenters. The molecule has 3 N–H and O–H groups in total. The molecule has 0 bridgehead atoms. The third kappa shape index (κ3) is 3.54. The van der Waals surface area contributed by atoms with Crippen LogP contribution in [0.2, 0.25) is 0 Å².